The van der Waals surface area contributed by atoms with Crippen LogP contribution in [0.4, 0.5) is 0 Å². The number of carbonyl (C=O) groups excluding carboxylic acids is 1. The number of hydrogen-bond donors (Lipinski definition) is 1. The maximum absolute atomic E-state index is 10.6. The number of aromatic carboxylic acids is 1. The van der Waals surface area contributed by atoms with Crippen LogP contribution in [0.25, 0.3) is 0 Å². The summed E-state index contributed by atoms with van der Waals surface area (Å²) < 4.78 is 0. The molecule has 16 heavy (non-hydrogen) atoms. The molecule has 1 aromatic rings. The van der Waals surface area contributed by atoms with Gasteiger partial charge in [-0.25, -0.2) is 4.98 Å². The monoisotopic (exact) mass is 240 g/mol. The molecular weight excluding hydrogens is 224 g/mol. The summed E-state index contributed by atoms with van der Waals surface area (Å²) in [6.45, 7) is 3.22. The Kier molecular flexibility index (Phi) is 3.90. The third-order valence-corrected chi connectivity index (χ3v) is 3.82. The third-order valence-electron chi connectivity index (χ3n) is 2.97. The van der Waals surface area contributed by atoms with Crippen LogP contribution in [-0.2, 0) is 6.54 Å². The number of carboxylic acids is 1. The zero-order valence-corrected chi connectivity index (χ0v) is 10.0. The third kappa shape index (κ3) is 3.02. The number of carbonyl (C=O) groups is 1. The van der Waals surface area contributed by atoms with Gasteiger partial charge in [0.05, 0.1) is 24.8 Å². The fraction of sp³-hybridized carbons (Fsp3) is 0.636. The number of carboxylic acid groups (broad SMARTS) is 1. The predicted molar refractivity (Wildman–Crippen MR) is 59.3 cm³/mol. The Morgan fingerprint density at radius 3 is 2.62 bits per heavy atom. The second kappa shape index (κ2) is 5.41. The summed E-state index contributed by atoms with van der Waals surface area (Å²) in [5.41, 5.74) is 0.0780. The van der Waals surface area contributed by atoms with Crippen LogP contribution in [0.3, 0.4) is 0 Å². The molecule has 1 saturated heterocycles. The minimum absolute atomic E-state index is 0.0780. The highest BCUT2D eigenvalue weighted by Gasteiger charge is 2.14. The molecule has 0 unspecified atom stereocenters. The molecule has 1 aliphatic rings. The van der Waals surface area contributed by atoms with Crippen LogP contribution in [0.1, 0.15) is 41.2 Å². The standard InChI is InChI=1S/C11H16N2O2S/c14-11(15)9-8-16-10(12-9)7-13-5-3-1-2-4-6-13/h8H,1-7H2,(H,14,15). The second-order valence-electron chi connectivity index (χ2n) is 4.25. The van der Waals surface area contributed by atoms with E-state index < -0.39 is 5.97 Å². The zero-order valence-electron chi connectivity index (χ0n) is 9.20. The molecule has 5 heteroatoms. The van der Waals surface area contributed by atoms with Gasteiger partial charge in [0.2, 0.25) is 0 Å². The van der Waals surface area contributed by atoms with Gasteiger partial charge in [0.25, 0.3) is 0 Å². The molecule has 4 nitrogen and oxygen atoms in total. The molecule has 1 aromatic heterocycles. The summed E-state index contributed by atoms with van der Waals surface area (Å²) in [4.78, 5) is 16.2. The van der Waals surface area contributed by atoms with E-state index in [2.05, 4.69) is 4.98 Å². The molecule has 0 atom stereocenters. The van der Waals surface area contributed by atoms with Crippen LogP contribution < -0.4 is 10.0 Å². The molecule has 1 fully saturated rings. The lowest BCUT2D eigenvalue weighted by Gasteiger charge is -2.14. The molecule has 0 spiro atoms. The number of likely N-dealkylation sites (tertiary alicyclic amines) is 1. The van der Waals surface area contributed by atoms with Crippen LogP contribution in [-0.4, -0.2) is 24.0 Å². The van der Waals surface area contributed by atoms with Crippen molar-refractivity contribution in [3.63, 3.8) is 0 Å². The van der Waals surface area contributed by atoms with Crippen molar-refractivity contribution in [2.24, 2.45) is 0 Å². The van der Waals surface area contributed by atoms with E-state index in [1.165, 1.54) is 55.0 Å². The predicted octanol–water partition coefficient (Wildman–Crippen LogP) is -0.535. The number of thiazole rings is 1. The molecule has 0 amide bonds. The topological polar surface area (TPSA) is 57.5 Å². The normalized spacial score (nSPS) is 18.2. The summed E-state index contributed by atoms with van der Waals surface area (Å²) in [6, 6.07) is 0. The highest BCUT2D eigenvalue weighted by atomic mass is 32.1. The van der Waals surface area contributed by atoms with E-state index in [1.54, 1.807) is 5.38 Å². The van der Waals surface area contributed by atoms with Crippen molar-refractivity contribution in [3.05, 3.63) is 16.1 Å². The minimum atomic E-state index is -1.17. The molecule has 2 heterocycles. The van der Waals surface area contributed by atoms with Gasteiger partial charge in [0.15, 0.2) is 0 Å². The molecule has 1 N–H and O–H groups in total. The molecule has 0 bridgehead atoms. The van der Waals surface area contributed by atoms with E-state index >= 15 is 0 Å². The number of nitrogens with one attached hydrogen (secondary N) is 1. The first kappa shape index (κ1) is 11.5. The van der Waals surface area contributed by atoms with E-state index in [1.807, 2.05) is 0 Å². The van der Waals surface area contributed by atoms with E-state index in [9.17, 15) is 9.90 Å². The van der Waals surface area contributed by atoms with Gasteiger partial charge < -0.3 is 14.8 Å². The molecule has 0 aliphatic carbocycles. The van der Waals surface area contributed by atoms with Gasteiger partial charge in [0.1, 0.15) is 11.6 Å². The fourth-order valence-electron chi connectivity index (χ4n) is 2.11. The van der Waals surface area contributed by atoms with Gasteiger partial charge in [-0.15, -0.1) is 11.3 Å². The first-order valence-electron chi connectivity index (χ1n) is 5.75. The molecule has 0 saturated carbocycles. The lowest BCUT2D eigenvalue weighted by Crippen LogP contribution is -3.10. The Bertz CT molecular complexity index is 357. The quantitative estimate of drug-likeness (QED) is 0.772. The average molecular weight is 240 g/mol. The summed E-state index contributed by atoms with van der Waals surface area (Å²) in [6.07, 6.45) is 5.19. The molecular formula is C11H16N2O2S. The van der Waals surface area contributed by atoms with E-state index in [0.717, 1.165) is 11.6 Å². The number of aromatic nitrogens is 1. The van der Waals surface area contributed by atoms with Crippen molar-refractivity contribution in [2.45, 2.75) is 32.2 Å². The van der Waals surface area contributed by atoms with Gasteiger partial charge in [-0.2, -0.15) is 0 Å². The van der Waals surface area contributed by atoms with Crippen molar-refractivity contribution in [1.29, 1.82) is 0 Å². The van der Waals surface area contributed by atoms with E-state index in [4.69, 9.17) is 0 Å². The first-order valence-corrected chi connectivity index (χ1v) is 6.63. The Hall–Kier alpha value is -0.940. The second-order valence-corrected chi connectivity index (χ2v) is 5.20. The minimum Gasteiger partial charge on any atom is -0.543 e. The maximum Gasteiger partial charge on any atom is 0.148 e. The average Bonchev–Trinajstić information content (AvgIpc) is 2.56. The van der Waals surface area contributed by atoms with Gasteiger partial charge in [-0.1, -0.05) is 0 Å². The largest absolute Gasteiger partial charge is 0.543 e. The van der Waals surface area contributed by atoms with Crippen molar-refractivity contribution < 1.29 is 14.8 Å². The van der Waals surface area contributed by atoms with Crippen LogP contribution in [0, 0.1) is 0 Å². The van der Waals surface area contributed by atoms with Gasteiger partial charge in [-0.3, -0.25) is 0 Å². The van der Waals surface area contributed by atoms with Crippen LogP contribution >= 0.6 is 11.3 Å². The van der Waals surface area contributed by atoms with Crippen LogP contribution in [0.2, 0.25) is 0 Å². The summed E-state index contributed by atoms with van der Waals surface area (Å²) in [7, 11) is 0. The Morgan fingerprint density at radius 2 is 2.06 bits per heavy atom. The number of hydrogen-bond acceptors (Lipinski definition) is 4. The molecule has 88 valence electrons. The maximum atomic E-state index is 10.6. The van der Waals surface area contributed by atoms with E-state index in [0.29, 0.717) is 0 Å². The van der Waals surface area contributed by atoms with Crippen molar-refractivity contribution in [3.8, 4) is 0 Å². The number of quaternary nitrogens is 1. The molecule has 1 aliphatic heterocycles. The summed E-state index contributed by atoms with van der Waals surface area (Å²) in [5.74, 6) is -1.17. The lowest BCUT2D eigenvalue weighted by atomic mass is 10.2. The van der Waals surface area contributed by atoms with Crippen molar-refractivity contribution in [2.75, 3.05) is 13.1 Å². The van der Waals surface area contributed by atoms with Gasteiger partial charge in [0, 0.05) is 5.38 Å². The van der Waals surface area contributed by atoms with Gasteiger partial charge >= 0.3 is 0 Å². The van der Waals surface area contributed by atoms with Crippen molar-refractivity contribution in [1.82, 2.24) is 4.98 Å². The summed E-state index contributed by atoms with van der Waals surface area (Å²) in [5, 5.41) is 13.1. The Balaban J connectivity index is 1.94. The van der Waals surface area contributed by atoms with Crippen molar-refractivity contribution >= 4 is 17.3 Å². The van der Waals surface area contributed by atoms with Gasteiger partial charge in [-0.05, 0) is 25.7 Å². The number of nitrogens with zero attached hydrogens (tertiary/aromatic N) is 1. The molecule has 0 radical (unpaired) electrons. The lowest BCUT2D eigenvalue weighted by molar-refractivity contribution is -0.913. The van der Waals surface area contributed by atoms with E-state index in [-0.39, 0.29) is 5.69 Å². The molecule has 0 aromatic carbocycles. The highest BCUT2D eigenvalue weighted by molar-refractivity contribution is 7.09. The smallest absolute Gasteiger partial charge is 0.148 e. The Morgan fingerprint density at radius 1 is 1.38 bits per heavy atom. The van der Waals surface area contributed by atoms with Crippen LogP contribution in [0.5, 0.6) is 0 Å². The molecule has 2 rings (SSSR count). The van der Waals surface area contributed by atoms with Crippen LogP contribution in [0.15, 0.2) is 5.38 Å². The zero-order chi connectivity index (χ0) is 11.4. The summed E-state index contributed by atoms with van der Waals surface area (Å²) >= 11 is 1.43. The first-order chi connectivity index (χ1) is 7.75. The Labute approximate surface area is 98.9 Å². The fourth-order valence-corrected chi connectivity index (χ4v) is 2.94. The number of rotatable bonds is 3. The highest BCUT2D eigenvalue weighted by Crippen LogP contribution is 2.08. The SMILES string of the molecule is O=C([O-])c1csc(C[NH+]2CCCCCC2)n1.